The maximum absolute atomic E-state index is 14.8. The third-order valence-electron chi connectivity index (χ3n) is 4.68. The molecule has 3 rings (SSSR count). The van der Waals surface area contributed by atoms with Gasteiger partial charge in [-0.2, -0.15) is 4.99 Å². The van der Waals surface area contributed by atoms with Crippen LogP contribution in [0.25, 0.3) is 0 Å². The second-order valence-corrected chi connectivity index (χ2v) is 6.37. The smallest absolute Gasteiger partial charge is 0.434 e. The van der Waals surface area contributed by atoms with Gasteiger partial charge in [-0.1, -0.05) is 6.07 Å². The van der Waals surface area contributed by atoms with E-state index in [4.69, 9.17) is 4.74 Å². The standard InChI is InChI=1S/C17H18F2N4O5/c1-9(24)21-7-12-14(22-15(25)28-12)17(8-20-5-6-23(17)16(26)27)13-10(18)3-2-4-11(13)19/h2-4,12,20H,5-8H2,1H3,(H,21,24)(H,26,27). The Labute approximate surface area is 158 Å². The second kappa shape index (κ2) is 7.50. The highest BCUT2D eigenvalue weighted by molar-refractivity contribution is 6.09. The number of hydrogen-bond donors (Lipinski definition) is 3. The monoisotopic (exact) mass is 396 g/mol. The van der Waals surface area contributed by atoms with E-state index in [1.807, 2.05) is 0 Å². The van der Waals surface area contributed by atoms with Crippen LogP contribution in [0.2, 0.25) is 0 Å². The number of piperazine rings is 1. The molecule has 0 aromatic heterocycles. The lowest BCUT2D eigenvalue weighted by atomic mass is 9.79. The highest BCUT2D eigenvalue weighted by Gasteiger charge is 2.55. The van der Waals surface area contributed by atoms with E-state index in [0.717, 1.165) is 23.1 Å². The Morgan fingerprint density at radius 2 is 2.11 bits per heavy atom. The summed E-state index contributed by atoms with van der Waals surface area (Å²) in [7, 11) is 0. The van der Waals surface area contributed by atoms with Gasteiger partial charge >= 0.3 is 12.2 Å². The van der Waals surface area contributed by atoms with E-state index in [9.17, 15) is 28.3 Å². The molecule has 9 nitrogen and oxygen atoms in total. The summed E-state index contributed by atoms with van der Waals surface area (Å²) in [5, 5.41) is 15.1. The summed E-state index contributed by atoms with van der Waals surface area (Å²) in [6.45, 7) is 0.922. The average Bonchev–Trinajstić information content (AvgIpc) is 3.01. The number of carbonyl (C=O) groups is 3. The fraction of sp³-hybridized carbons (Fsp3) is 0.412. The van der Waals surface area contributed by atoms with Gasteiger partial charge in [-0.25, -0.2) is 18.4 Å². The molecule has 1 fully saturated rings. The van der Waals surface area contributed by atoms with Crippen molar-refractivity contribution < 1.29 is 33.0 Å². The highest BCUT2D eigenvalue weighted by atomic mass is 19.1. The van der Waals surface area contributed by atoms with Crippen molar-refractivity contribution in [2.75, 3.05) is 26.2 Å². The van der Waals surface area contributed by atoms with Crippen LogP contribution in [0.1, 0.15) is 12.5 Å². The predicted octanol–water partition coefficient (Wildman–Crippen LogP) is 0.839. The SMILES string of the molecule is CC(=O)NCC1OC(=O)N=C1C1(c2c(F)cccc2F)CNCCN1C(=O)O. The van der Waals surface area contributed by atoms with Crippen molar-refractivity contribution in [1.29, 1.82) is 0 Å². The molecule has 2 unspecified atom stereocenters. The van der Waals surface area contributed by atoms with E-state index in [0.29, 0.717) is 0 Å². The molecule has 0 bridgehead atoms. The van der Waals surface area contributed by atoms with Crippen LogP contribution in [0.4, 0.5) is 18.4 Å². The number of cyclic esters (lactones) is 1. The number of carboxylic acid groups (broad SMARTS) is 1. The number of carbonyl (C=O) groups excluding carboxylic acids is 2. The van der Waals surface area contributed by atoms with Gasteiger partial charge in [0.05, 0.1) is 17.8 Å². The van der Waals surface area contributed by atoms with Crippen LogP contribution in [-0.4, -0.2) is 66.1 Å². The van der Waals surface area contributed by atoms with Gasteiger partial charge in [-0.15, -0.1) is 0 Å². The maximum atomic E-state index is 14.8. The molecule has 0 radical (unpaired) electrons. The largest absolute Gasteiger partial charge is 0.465 e. The van der Waals surface area contributed by atoms with Crippen LogP contribution in [0, 0.1) is 11.6 Å². The number of nitrogens with zero attached hydrogens (tertiary/aromatic N) is 2. The molecule has 0 spiro atoms. The molecule has 1 aromatic carbocycles. The van der Waals surface area contributed by atoms with E-state index < -0.39 is 46.9 Å². The van der Waals surface area contributed by atoms with E-state index in [1.54, 1.807) is 0 Å². The Kier molecular flexibility index (Phi) is 5.27. The van der Waals surface area contributed by atoms with E-state index in [2.05, 4.69) is 15.6 Å². The van der Waals surface area contributed by atoms with Crippen LogP contribution in [0.15, 0.2) is 23.2 Å². The molecule has 2 aliphatic heterocycles. The first-order valence-corrected chi connectivity index (χ1v) is 8.47. The molecule has 2 atom stereocenters. The topological polar surface area (TPSA) is 120 Å². The van der Waals surface area contributed by atoms with Gasteiger partial charge in [0.25, 0.3) is 0 Å². The quantitative estimate of drug-likeness (QED) is 0.694. The summed E-state index contributed by atoms with van der Waals surface area (Å²) in [4.78, 5) is 39.7. The molecule has 3 N–H and O–H groups in total. The number of hydrogen-bond acceptors (Lipinski definition) is 5. The molecular formula is C17H18F2N4O5. The van der Waals surface area contributed by atoms with Crippen LogP contribution in [0.3, 0.4) is 0 Å². The molecular weight excluding hydrogens is 378 g/mol. The van der Waals surface area contributed by atoms with E-state index >= 15 is 0 Å². The zero-order valence-electron chi connectivity index (χ0n) is 14.9. The maximum Gasteiger partial charge on any atom is 0.434 e. The third kappa shape index (κ3) is 3.28. The molecule has 3 amide bonds. The van der Waals surface area contributed by atoms with Crippen LogP contribution < -0.4 is 10.6 Å². The molecule has 2 heterocycles. The number of amides is 3. The van der Waals surface area contributed by atoms with Gasteiger partial charge in [0, 0.05) is 26.6 Å². The van der Waals surface area contributed by atoms with Crippen LogP contribution >= 0.6 is 0 Å². The lowest BCUT2D eigenvalue weighted by Gasteiger charge is -2.46. The van der Waals surface area contributed by atoms with E-state index in [1.165, 1.54) is 6.92 Å². The zero-order chi connectivity index (χ0) is 20.5. The highest BCUT2D eigenvalue weighted by Crippen LogP contribution is 2.38. The second-order valence-electron chi connectivity index (χ2n) is 6.37. The first kappa shape index (κ1) is 19.7. The number of ether oxygens (including phenoxy) is 1. The van der Waals surface area contributed by atoms with Gasteiger partial charge < -0.3 is 20.5 Å². The Bertz CT molecular complexity index is 842. The van der Waals surface area contributed by atoms with Crippen molar-refractivity contribution in [3.05, 3.63) is 35.4 Å². The summed E-state index contributed by atoms with van der Waals surface area (Å²) in [5.41, 5.74) is -2.71. The summed E-state index contributed by atoms with van der Waals surface area (Å²) in [5.74, 6) is -2.41. The summed E-state index contributed by atoms with van der Waals surface area (Å²) in [6, 6.07) is 3.14. The van der Waals surface area contributed by atoms with Crippen molar-refractivity contribution in [2.45, 2.75) is 18.6 Å². The number of nitrogens with one attached hydrogen (secondary N) is 2. The van der Waals surface area contributed by atoms with E-state index in [-0.39, 0.29) is 31.9 Å². The van der Waals surface area contributed by atoms with Crippen molar-refractivity contribution in [3.8, 4) is 0 Å². The number of rotatable bonds is 4. The van der Waals surface area contributed by atoms with Crippen molar-refractivity contribution in [3.63, 3.8) is 0 Å². The Morgan fingerprint density at radius 1 is 1.43 bits per heavy atom. The van der Waals surface area contributed by atoms with Gasteiger partial charge in [0.1, 0.15) is 17.2 Å². The zero-order valence-corrected chi connectivity index (χ0v) is 14.9. The Balaban J connectivity index is 2.22. The normalized spacial score (nSPS) is 24.5. The Hall–Kier alpha value is -3.08. The fourth-order valence-corrected chi connectivity index (χ4v) is 3.59. The van der Waals surface area contributed by atoms with Crippen molar-refractivity contribution in [2.24, 2.45) is 4.99 Å². The van der Waals surface area contributed by atoms with Crippen molar-refractivity contribution in [1.82, 2.24) is 15.5 Å². The average molecular weight is 396 g/mol. The van der Waals surface area contributed by atoms with Crippen LogP contribution in [-0.2, 0) is 15.1 Å². The summed E-state index contributed by atoms with van der Waals surface area (Å²) in [6.07, 6.45) is -3.65. The van der Waals surface area contributed by atoms with Gasteiger partial charge in [-0.05, 0) is 12.1 Å². The van der Waals surface area contributed by atoms with Gasteiger partial charge in [-0.3, -0.25) is 9.69 Å². The minimum atomic E-state index is -1.96. The molecule has 1 aromatic rings. The minimum Gasteiger partial charge on any atom is -0.465 e. The molecule has 28 heavy (non-hydrogen) atoms. The summed E-state index contributed by atoms with van der Waals surface area (Å²) >= 11 is 0. The summed E-state index contributed by atoms with van der Waals surface area (Å²) < 4.78 is 34.6. The van der Waals surface area contributed by atoms with Gasteiger partial charge in [0.15, 0.2) is 6.10 Å². The third-order valence-corrected chi connectivity index (χ3v) is 4.68. The van der Waals surface area contributed by atoms with Crippen molar-refractivity contribution >= 4 is 23.8 Å². The fourth-order valence-electron chi connectivity index (χ4n) is 3.59. The van der Waals surface area contributed by atoms with Crippen LogP contribution in [0.5, 0.6) is 0 Å². The van der Waals surface area contributed by atoms with Gasteiger partial charge in [0.2, 0.25) is 5.91 Å². The lowest BCUT2D eigenvalue weighted by Crippen LogP contribution is -2.67. The number of benzene rings is 1. The molecule has 11 heteroatoms. The molecule has 0 saturated carbocycles. The first-order valence-electron chi connectivity index (χ1n) is 8.47. The number of halogens is 2. The minimum absolute atomic E-state index is 0.108. The lowest BCUT2D eigenvalue weighted by molar-refractivity contribution is -0.119. The molecule has 2 aliphatic rings. The first-order chi connectivity index (χ1) is 13.3. The number of aliphatic imine (C=N–C) groups is 1. The molecule has 150 valence electrons. The predicted molar refractivity (Wildman–Crippen MR) is 92.0 cm³/mol. The Morgan fingerprint density at radius 3 is 2.71 bits per heavy atom. The molecule has 0 aliphatic carbocycles. The molecule has 1 saturated heterocycles.